The Hall–Kier alpha value is -0.390. The number of hydrogen-bond acceptors (Lipinski definition) is 3. The summed E-state index contributed by atoms with van der Waals surface area (Å²) in [4.78, 5) is 1.39. The molecule has 0 saturated carbocycles. The number of aryl methyl sites for hydroxylation is 1. The van der Waals surface area contributed by atoms with E-state index in [-0.39, 0.29) is 0 Å². The van der Waals surface area contributed by atoms with E-state index < -0.39 is 10.0 Å². The highest BCUT2D eigenvalue weighted by molar-refractivity contribution is 7.89. The van der Waals surface area contributed by atoms with Gasteiger partial charge in [0.05, 0.1) is 4.90 Å². The molecule has 1 aromatic rings. The lowest BCUT2D eigenvalue weighted by atomic mass is 10.5. The molecule has 1 heterocycles. The van der Waals surface area contributed by atoms with E-state index in [1.807, 2.05) is 6.92 Å². The zero-order valence-corrected chi connectivity index (χ0v) is 8.87. The van der Waals surface area contributed by atoms with Crippen LogP contribution in [0.1, 0.15) is 4.88 Å². The summed E-state index contributed by atoms with van der Waals surface area (Å²) >= 11 is 1.44. The van der Waals surface area contributed by atoms with E-state index in [2.05, 4.69) is 0 Å². The molecule has 68 valence electrons. The number of rotatable bonds is 2. The fourth-order valence-electron chi connectivity index (χ4n) is 0.765. The van der Waals surface area contributed by atoms with E-state index in [1.54, 1.807) is 11.4 Å². The van der Waals surface area contributed by atoms with Crippen LogP contribution in [0.2, 0.25) is 0 Å². The van der Waals surface area contributed by atoms with Crippen molar-refractivity contribution < 1.29 is 8.42 Å². The lowest BCUT2D eigenvalue weighted by Crippen LogP contribution is -2.21. The van der Waals surface area contributed by atoms with Crippen LogP contribution in [-0.2, 0) is 10.0 Å². The first kappa shape index (κ1) is 9.70. The highest BCUT2D eigenvalue weighted by Crippen LogP contribution is 2.19. The molecule has 0 aliphatic rings. The molecule has 3 nitrogen and oxygen atoms in total. The van der Waals surface area contributed by atoms with Crippen LogP contribution in [-0.4, -0.2) is 26.8 Å². The second-order valence-corrected chi connectivity index (χ2v) is 5.95. The minimum absolute atomic E-state index is 0.384. The second-order valence-electron chi connectivity index (χ2n) is 2.68. The van der Waals surface area contributed by atoms with Gasteiger partial charge in [-0.25, -0.2) is 12.7 Å². The van der Waals surface area contributed by atoms with Gasteiger partial charge in [0, 0.05) is 24.4 Å². The van der Waals surface area contributed by atoms with E-state index in [4.69, 9.17) is 0 Å². The lowest BCUT2D eigenvalue weighted by molar-refractivity contribution is 0.521. The Balaban J connectivity index is 3.15. The highest BCUT2D eigenvalue weighted by atomic mass is 32.2. The predicted molar refractivity (Wildman–Crippen MR) is 49.9 cm³/mol. The third-order valence-electron chi connectivity index (χ3n) is 1.49. The van der Waals surface area contributed by atoms with Crippen molar-refractivity contribution in [1.29, 1.82) is 0 Å². The highest BCUT2D eigenvalue weighted by Gasteiger charge is 2.17. The first-order chi connectivity index (χ1) is 5.44. The van der Waals surface area contributed by atoms with Crippen molar-refractivity contribution in [2.24, 2.45) is 0 Å². The van der Waals surface area contributed by atoms with Crippen molar-refractivity contribution in [3.63, 3.8) is 0 Å². The Morgan fingerprint density at radius 2 is 2.00 bits per heavy atom. The summed E-state index contributed by atoms with van der Waals surface area (Å²) in [6.45, 7) is 1.89. The number of hydrogen-bond donors (Lipinski definition) is 0. The molecule has 0 aromatic carbocycles. The van der Waals surface area contributed by atoms with Crippen molar-refractivity contribution >= 4 is 21.4 Å². The Bertz CT molecular complexity index is 365. The topological polar surface area (TPSA) is 37.4 Å². The monoisotopic (exact) mass is 205 g/mol. The molecule has 1 rings (SSSR count). The summed E-state index contributed by atoms with van der Waals surface area (Å²) < 4.78 is 24.2. The molecule has 0 amide bonds. The number of sulfonamides is 1. The van der Waals surface area contributed by atoms with E-state index >= 15 is 0 Å². The van der Waals surface area contributed by atoms with Gasteiger partial charge in [0.25, 0.3) is 0 Å². The molecule has 0 spiro atoms. The van der Waals surface area contributed by atoms with E-state index in [9.17, 15) is 8.42 Å². The molecular weight excluding hydrogens is 194 g/mol. The molecule has 12 heavy (non-hydrogen) atoms. The van der Waals surface area contributed by atoms with Crippen LogP contribution in [0.4, 0.5) is 0 Å². The summed E-state index contributed by atoms with van der Waals surface area (Å²) in [5.74, 6) is 0. The van der Waals surface area contributed by atoms with Gasteiger partial charge >= 0.3 is 0 Å². The van der Waals surface area contributed by atoms with Gasteiger partial charge in [0.2, 0.25) is 10.0 Å². The average molecular weight is 205 g/mol. The lowest BCUT2D eigenvalue weighted by Gasteiger charge is -2.08. The van der Waals surface area contributed by atoms with Crippen LogP contribution in [0.3, 0.4) is 0 Å². The first-order valence-corrected chi connectivity index (χ1v) is 5.74. The average Bonchev–Trinajstić information content (AvgIpc) is 2.35. The van der Waals surface area contributed by atoms with Crippen molar-refractivity contribution in [2.45, 2.75) is 11.8 Å². The predicted octanol–water partition coefficient (Wildman–Crippen LogP) is 1.31. The van der Waals surface area contributed by atoms with E-state index in [1.165, 1.54) is 29.7 Å². The molecule has 0 fully saturated rings. The van der Waals surface area contributed by atoms with Crippen molar-refractivity contribution in [3.8, 4) is 0 Å². The van der Waals surface area contributed by atoms with Crippen LogP contribution in [0.5, 0.6) is 0 Å². The Morgan fingerprint density at radius 1 is 1.42 bits per heavy atom. The summed E-state index contributed by atoms with van der Waals surface area (Å²) in [6.07, 6.45) is 0. The van der Waals surface area contributed by atoms with Gasteiger partial charge in [-0.05, 0) is 13.0 Å². The van der Waals surface area contributed by atoms with Gasteiger partial charge in [0.1, 0.15) is 0 Å². The van der Waals surface area contributed by atoms with Crippen LogP contribution in [0.25, 0.3) is 0 Å². The van der Waals surface area contributed by atoms with Gasteiger partial charge in [-0.15, -0.1) is 11.3 Å². The Morgan fingerprint density at radius 3 is 2.33 bits per heavy atom. The molecular formula is C7H11NO2S2. The third-order valence-corrected chi connectivity index (χ3v) is 4.29. The van der Waals surface area contributed by atoms with Gasteiger partial charge in [-0.3, -0.25) is 0 Å². The van der Waals surface area contributed by atoms with Crippen molar-refractivity contribution in [1.82, 2.24) is 4.31 Å². The van der Waals surface area contributed by atoms with Crippen LogP contribution < -0.4 is 0 Å². The molecule has 0 atom stereocenters. The molecule has 0 unspecified atom stereocenters. The molecule has 0 aliphatic carbocycles. The van der Waals surface area contributed by atoms with E-state index in [0.29, 0.717) is 4.90 Å². The second kappa shape index (κ2) is 3.16. The van der Waals surface area contributed by atoms with E-state index in [0.717, 1.165) is 4.88 Å². The first-order valence-electron chi connectivity index (χ1n) is 3.42. The minimum Gasteiger partial charge on any atom is -0.207 e. The quantitative estimate of drug-likeness (QED) is 0.730. The smallest absolute Gasteiger partial charge is 0.207 e. The zero-order chi connectivity index (χ0) is 9.35. The molecule has 0 aliphatic heterocycles. The summed E-state index contributed by atoms with van der Waals surface area (Å²) in [6, 6.07) is 1.68. The van der Waals surface area contributed by atoms with Gasteiger partial charge in [0.15, 0.2) is 0 Å². The summed E-state index contributed by atoms with van der Waals surface area (Å²) in [5.41, 5.74) is 0. The largest absolute Gasteiger partial charge is 0.243 e. The molecule has 1 aromatic heterocycles. The van der Waals surface area contributed by atoms with Crippen molar-refractivity contribution in [3.05, 3.63) is 16.3 Å². The maximum absolute atomic E-state index is 11.5. The van der Waals surface area contributed by atoms with Crippen LogP contribution in [0.15, 0.2) is 16.3 Å². The number of thiophene rings is 1. The molecule has 0 radical (unpaired) electrons. The number of nitrogens with zero attached hydrogens (tertiary/aromatic N) is 1. The third kappa shape index (κ3) is 1.68. The Kier molecular flexibility index (Phi) is 2.55. The Labute approximate surface area is 76.7 Å². The minimum atomic E-state index is -3.21. The maximum atomic E-state index is 11.5. The summed E-state index contributed by atoms with van der Waals surface area (Å²) in [7, 11) is -0.152. The SMILES string of the molecule is Cc1cc(S(=O)(=O)N(C)C)cs1. The maximum Gasteiger partial charge on any atom is 0.243 e. The van der Waals surface area contributed by atoms with Gasteiger partial charge < -0.3 is 0 Å². The van der Waals surface area contributed by atoms with Gasteiger partial charge in [-0.2, -0.15) is 0 Å². The molecule has 0 bridgehead atoms. The molecule has 0 N–H and O–H groups in total. The van der Waals surface area contributed by atoms with Crippen LogP contribution >= 0.6 is 11.3 Å². The zero-order valence-electron chi connectivity index (χ0n) is 7.23. The molecule has 5 heteroatoms. The van der Waals surface area contributed by atoms with Crippen LogP contribution in [0, 0.1) is 6.92 Å². The summed E-state index contributed by atoms with van der Waals surface area (Å²) in [5, 5.41) is 1.66. The normalized spacial score (nSPS) is 12.3. The fraction of sp³-hybridized carbons (Fsp3) is 0.429. The molecule has 0 saturated heterocycles. The van der Waals surface area contributed by atoms with Gasteiger partial charge in [-0.1, -0.05) is 0 Å². The van der Waals surface area contributed by atoms with Crippen molar-refractivity contribution in [2.75, 3.05) is 14.1 Å². The standard InChI is InChI=1S/C7H11NO2S2/c1-6-4-7(5-11-6)12(9,10)8(2)3/h4-5H,1-3H3. The fourth-order valence-corrected chi connectivity index (χ4v) is 2.78.